The van der Waals surface area contributed by atoms with Gasteiger partial charge in [-0.15, -0.1) is 0 Å². The monoisotopic (exact) mass is 253 g/mol. The minimum atomic E-state index is -0.887. The van der Waals surface area contributed by atoms with Crippen molar-refractivity contribution < 1.29 is 9.90 Å². The number of hydrogen-bond donors (Lipinski definition) is 1. The molecule has 19 heavy (non-hydrogen) atoms. The number of nitrogens with zero attached hydrogens (tertiary/aromatic N) is 1. The number of fused-ring (bicyclic) bond motifs is 1. The van der Waals surface area contributed by atoms with Gasteiger partial charge in [-0.3, -0.25) is 0 Å². The first-order chi connectivity index (χ1) is 9.16. The highest BCUT2D eigenvalue weighted by Gasteiger charge is 2.25. The molecule has 3 rings (SSSR count). The van der Waals surface area contributed by atoms with Crippen molar-refractivity contribution in [2.45, 2.75) is 12.8 Å². The summed E-state index contributed by atoms with van der Waals surface area (Å²) in [7, 11) is 0. The molecule has 0 spiro atoms. The number of hydrogen-bond acceptors (Lipinski definition) is 2. The molecule has 0 saturated heterocycles. The largest absolute Gasteiger partial charge is 0.478 e. The van der Waals surface area contributed by atoms with Gasteiger partial charge in [-0.25, -0.2) is 4.79 Å². The average Bonchev–Trinajstić information content (AvgIpc) is 2.77. The summed E-state index contributed by atoms with van der Waals surface area (Å²) in [6.45, 7) is 3.15. The Bertz CT molecular complexity index is 619. The summed E-state index contributed by atoms with van der Waals surface area (Å²) in [5.41, 5.74) is 3.94. The highest BCUT2D eigenvalue weighted by atomic mass is 16.4. The Balaban J connectivity index is 1.98. The fraction of sp³-hybridized carbons (Fsp3) is 0.188. The van der Waals surface area contributed by atoms with Crippen LogP contribution < -0.4 is 4.90 Å². The predicted molar refractivity (Wildman–Crippen MR) is 75.3 cm³/mol. The lowest BCUT2D eigenvalue weighted by atomic mass is 10.0. The van der Waals surface area contributed by atoms with Crippen molar-refractivity contribution in [3.8, 4) is 0 Å². The molecule has 1 unspecified atom stereocenters. The third kappa shape index (κ3) is 1.97. The lowest BCUT2D eigenvalue weighted by molar-refractivity contribution is 0.0697. The molecule has 1 atom stereocenters. The molecule has 0 aromatic heterocycles. The number of para-hydroxylation sites is 1. The van der Waals surface area contributed by atoms with Gasteiger partial charge in [0.1, 0.15) is 0 Å². The lowest BCUT2D eigenvalue weighted by Crippen LogP contribution is -2.14. The second-order valence-electron chi connectivity index (χ2n) is 4.92. The van der Waals surface area contributed by atoms with Crippen molar-refractivity contribution in [1.82, 2.24) is 0 Å². The van der Waals surface area contributed by atoms with Crippen molar-refractivity contribution in [3.63, 3.8) is 0 Å². The molecule has 0 amide bonds. The van der Waals surface area contributed by atoms with Crippen LogP contribution in [0.5, 0.6) is 0 Å². The fourth-order valence-corrected chi connectivity index (χ4v) is 2.65. The zero-order valence-electron chi connectivity index (χ0n) is 10.7. The first-order valence-corrected chi connectivity index (χ1v) is 6.36. The number of anilines is 2. The van der Waals surface area contributed by atoms with E-state index in [-0.39, 0.29) is 0 Å². The summed E-state index contributed by atoms with van der Waals surface area (Å²) in [6, 6.07) is 15.4. The zero-order chi connectivity index (χ0) is 13.4. The Morgan fingerprint density at radius 1 is 1.16 bits per heavy atom. The molecular weight excluding hydrogens is 238 g/mol. The molecule has 3 nitrogen and oxygen atoms in total. The van der Waals surface area contributed by atoms with Crippen LogP contribution in [0.25, 0.3) is 0 Å². The van der Waals surface area contributed by atoms with E-state index in [1.54, 1.807) is 12.1 Å². The first kappa shape index (κ1) is 11.8. The van der Waals surface area contributed by atoms with Gasteiger partial charge in [0, 0.05) is 23.8 Å². The Morgan fingerprint density at radius 2 is 1.84 bits per heavy atom. The van der Waals surface area contributed by atoms with Gasteiger partial charge < -0.3 is 10.0 Å². The van der Waals surface area contributed by atoms with Gasteiger partial charge in [-0.1, -0.05) is 25.1 Å². The van der Waals surface area contributed by atoms with Crippen molar-refractivity contribution in [2.75, 3.05) is 11.4 Å². The van der Waals surface area contributed by atoms with E-state index in [1.165, 1.54) is 11.3 Å². The number of carboxylic acids is 1. The van der Waals surface area contributed by atoms with Gasteiger partial charge in [0.05, 0.1) is 5.56 Å². The van der Waals surface area contributed by atoms with Crippen molar-refractivity contribution in [2.24, 2.45) is 0 Å². The summed E-state index contributed by atoms with van der Waals surface area (Å²) in [6.07, 6.45) is 0. The SMILES string of the molecule is CC1CN(c2ccc(C(=O)O)cc2)c2ccccc21. The maximum Gasteiger partial charge on any atom is 0.335 e. The van der Waals surface area contributed by atoms with E-state index in [1.807, 2.05) is 18.2 Å². The summed E-state index contributed by atoms with van der Waals surface area (Å²) in [5, 5.41) is 8.93. The van der Waals surface area contributed by atoms with E-state index >= 15 is 0 Å². The van der Waals surface area contributed by atoms with E-state index in [4.69, 9.17) is 5.11 Å². The van der Waals surface area contributed by atoms with Gasteiger partial charge in [0.15, 0.2) is 0 Å². The quantitative estimate of drug-likeness (QED) is 0.888. The van der Waals surface area contributed by atoms with Crippen LogP contribution >= 0.6 is 0 Å². The maximum absolute atomic E-state index is 10.9. The van der Waals surface area contributed by atoms with Gasteiger partial charge in [0.25, 0.3) is 0 Å². The summed E-state index contributed by atoms with van der Waals surface area (Å²) in [4.78, 5) is 13.1. The molecule has 1 N–H and O–H groups in total. The van der Waals surface area contributed by atoms with Gasteiger partial charge in [-0.05, 0) is 35.9 Å². The van der Waals surface area contributed by atoms with Gasteiger partial charge in [-0.2, -0.15) is 0 Å². The van der Waals surface area contributed by atoms with E-state index in [0.29, 0.717) is 11.5 Å². The number of benzene rings is 2. The predicted octanol–water partition coefficient (Wildman–Crippen LogP) is 3.64. The molecule has 0 bridgehead atoms. The Kier molecular flexibility index (Phi) is 2.75. The third-order valence-corrected chi connectivity index (χ3v) is 3.64. The molecule has 3 heteroatoms. The minimum Gasteiger partial charge on any atom is -0.478 e. The summed E-state index contributed by atoms with van der Waals surface area (Å²) in [5.74, 6) is -0.392. The Labute approximate surface area is 112 Å². The van der Waals surface area contributed by atoms with Crippen molar-refractivity contribution in [1.29, 1.82) is 0 Å². The van der Waals surface area contributed by atoms with E-state index in [9.17, 15) is 4.79 Å². The molecule has 96 valence electrons. The molecule has 2 aromatic carbocycles. The van der Waals surface area contributed by atoms with E-state index in [2.05, 4.69) is 30.0 Å². The number of carbonyl (C=O) groups is 1. The standard InChI is InChI=1S/C16H15NO2/c1-11-10-17(15-5-3-2-4-14(11)15)13-8-6-12(7-9-13)16(18)19/h2-9,11H,10H2,1H3,(H,18,19). The van der Waals surface area contributed by atoms with E-state index < -0.39 is 5.97 Å². The van der Waals surface area contributed by atoms with E-state index in [0.717, 1.165) is 12.2 Å². The average molecular weight is 253 g/mol. The molecule has 1 aliphatic rings. The zero-order valence-corrected chi connectivity index (χ0v) is 10.7. The number of carboxylic acid groups (broad SMARTS) is 1. The van der Waals surface area contributed by atoms with Crippen LogP contribution in [0.2, 0.25) is 0 Å². The molecule has 0 aliphatic carbocycles. The molecule has 0 radical (unpaired) electrons. The van der Waals surface area contributed by atoms with Gasteiger partial charge >= 0.3 is 5.97 Å². The van der Waals surface area contributed by atoms with Gasteiger partial charge in [0.2, 0.25) is 0 Å². The number of rotatable bonds is 2. The number of aromatic carboxylic acids is 1. The van der Waals surface area contributed by atoms with Crippen LogP contribution in [-0.2, 0) is 0 Å². The van der Waals surface area contributed by atoms with Crippen molar-refractivity contribution in [3.05, 3.63) is 59.7 Å². The Hall–Kier alpha value is -2.29. The Morgan fingerprint density at radius 3 is 2.53 bits per heavy atom. The van der Waals surface area contributed by atoms with Crippen LogP contribution in [0.15, 0.2) is 48.5 Å². The highest BCUT2D eigenvalue weighted by molar-refractivity contribution is 5.88. The second kappa shape index (κ2) is 4.43. The second-order valence-corrected chi connectivity index (χ2v) is 4.92. The smallest absolute Gasteiger partial charge is 0.335 e. The fourth-order valence-electron chi connectivity index (χ4n) is 2.65. The topological polar surface area (TPSA) is 40.5 Å². The molecule has 1 aliphatic heterocycles. The minimum absolute atomic E-state index is 0.323. The first-order valence-electron chi connectivity index (χ1n) is 6.36. The molecule has 0 fully saturated rings. The van der Waals surface area contributed by atoms with Crippen LogP contribution in [0.1, 0.15) is 28.8 Å². The molecular formula is C16H15NO2. The van der Waals surface area contributed by atoms with Crippen LogP contribution in [0.3, 0.4) is 0 Å². The van der Waals surface area contributed by atoms with Crippen LogP contribution in [-0.4, -0.2) is 17.6 Å². The summed E-state index contributed by atoms with van der Waals surface area (Å²) < 4.78 is 0. The van der Waals surface area contributed by atoms with Crippen LogP contribution in [0, 0.1) is 0 Å². The summed E-state index contributed by atoms with van der Waals surface area (Å²) >= 11 is 0. The molecule has 2 aromatic rings. The highest BCUT2D eigenvalue weighted by Crippen LogP contribution is 2.40. The van der Waals surface area contributed by atoms with Crippen molar-refractivity contribution >= 4 is 17.3 Å². The lowest BCUT2D eigenvalue weighted by Gasteiger charge is -2.19. The van der Waals surface area contributed by atoms with Crippen LogP contribution in [0.4, 0.5) is 11.4 Å². The maximum atomic E-state index is 10.9. The molecule has 1 heterocycles. The molecule has 0 saturated carbocycles. The third-order valence-electron chi connectivity index (χ3n) is 3.64. The normalized spacial score (nSPS) is 17.3.